The molecule has 1 aliphatic rings. The van der Waals surface area contributed by atoms with Gasteiger partial charge in [-0.15, -0.1) is 0 Å². The van der Waals surface area contributed by atoms with Crippen molar-refractivity contribution in [2.24, 2.45) is 17.1 Å². The average molecular weight is 184 g/mol. The predicted molar refractivity (Wildman–Crippen MR) is 53.2 cm³/mol. The summed E-state index contributed by atoms with van der Waals surface area (Å²) in [6, 6.07) is 0. The summed E-state index contributed by atoms with van der Waals surface area (Å²) in [5.74, 6) is 0.836. The monoisotopic (exact) mass is 184 g/mol. The highest BCUT2D eigenvalue weighted by Gasteiger charge is 2.45. The molecule has 0 aromatic heterocycles. The van der Waals surface area contributed by atoms with Gasteiger partial charge in [0, 0.05) is 13.0 Å². The second kappa shape index (κ2) is 4.09. The highest BCUT2D eigenvalue weighted by Crippen LogP contribution is 2.50. The molecule has 3 heteroatoms. The molecule has 1 unspecified atom stereocenters. The van der Waals surface area contributed by atoms with Crippen LogP contribution in [0.1, 0.15) is 33.1 Å². The van der Waals surface area contributed by atoms with Crippen LogP contribution in [0.4, 0.5) is 0 Å². The van der Waals surface area contributed by atoms with Crippen LogP contribution in [0.15, 0.2) is 0 Å². The highest BCUT2D eigenvalue weighted by atomic mass is 16.1. The van der Waals surface area contributed by atoms with E-state index in [1.165, 1.54) is 6.42 Å². The molecular weight excluding hydrogens is 164 g/mol. The number of hydrogen-bond acceptors (Lipinski definition) is 2. The molecule has 1 atom stereocenters. The van der Waals surface area contributed by atoms with Gasteiger partial charge in [-0.05, 0) is 30.7 Å². The van der Waals surface area contributed by atoms with Gasteiger partial charge in [0.2, 0.25) is 5.91 Å². The Kier molecular flexibility index (Phi) is 3.31. The van der Waals surface area contributed by atoms with Crippen molar-refractivity contribution < 1.29 is 4.79 Å². The highest BCUT2D eigenvalue weighted by molar-refractivity contribution is 5.75. The Hall–Kier alpha value is -0.570. The Balaban J connectivity index is 2.03. The zero-order valence-electron chi connectivity index (χ0n) is 8.60. The first-order valence-corrected chi connectivity index (χ1v) is 5.03. The van der Waals surface area contributed by atoms with Crippen LogP contribution in [0.5, 0.6) is 0 Å². The Morgan fingerprint density at radius 3 is 2.69 bits per heavy atom. The molecule has 1 fully saturated rings. The molecule has 0 heterocycles. The van der Waals surface area contributed by atoms with E-state index in [1.807, 2.05) is 0 Å². The van der Waals surface area contributed by atoms with Crippen molar-refractivity contribution in [2.75, 3.05) is 13.1 Å². The number of carbonyl (C=O) groups excluding carboxylic acids is 1. The Morgan fingerprint density at radius 1 is 1.62 bits per heavy atom. The zero-order chi connectivity index (χ0) is 9.90. The Labute approximate surface area is 80.1 Å². The van der Waals surface area contributed by atoms with E-state index >= 15 is 0 Å². The van der Waals surface area contributed by atoms with Crippen molar-refractivity contribution in [3.8, 4) is 0 Å². The molecule has 0 spiro atoms. The fourth-order valence-corrected chi connectivity index (χ4v) is 1.51. The van der Waals surface area contributed by atoms with E-state index in [0.717, 1.165) is 13.0 Å². The molecule has 76 valence electrons. The van der Waals surface area contributed by atoms with Crippen molar-refractivity contribution in [1.29, 1.82) is 0 Å². The molecule has 3 N–H and O–H groups in total. The fraction of sp³-hybridized carbons (Fsp3) is 0.900. The van der Waals surface area contributed by atoms with Crippen molar-refractivity contribution in [3.63, 3.8) is 0 Å². The van der Waals surface area contributed by atoms with Gasteiger partial charge in [-0.25, -0.2) is 0 Å². The summed E-state index contributed by atoms with van der Waals surface area (Å²) in [7, 11) is 0. The minimum absolute atomic E-state index is 0.146. The molecule has 1 rings (SSSR count). The molecular formula is C10H20N2O. The van der Waals surface area contributed by atoms with E-state index in [9.17, 15) is 4.79 Å². The maximum absolute atomic E-state index is 11.2. The summed E-state index contributed by atoms with van der Waals surface area (Å²) in [5, 5.41) is 2.94. The number of amides is 1. The van der Waals surface area contributed by atoms with E-state index < -0.39 is 0 Å². The van der Waals surface area contributed by atoms with Gasteiger partial charge in [0.15, 0.2) is 0 Å². The smallest absolute Gasteiger partial charge is 0.220 e. The topological polar surface area (TPSA) is 55.1 Å². The molecule has 0 radical (unpaired) electrons. The van der Waals surface area contributed by atoms with Crippen LogP contribution in [0.3, 0.4) is 0 Å². The van der Waals surface area contributed by atoms with Crippen LogP contribution in [0.2, 0.25) is 0 Å². The van der Waals surface area contributed by atoms with Gasteiger partial charge in [-0.1, -0.05) is 13.8 Å². The maximum atomic E-state index is 11.2. The van der Waals surface area contributed by atoms with Gasteiger partial charge in [0.25, 0.3) is 0 Å². The lowest BCUT2D eigenvalue weighted by Gasteiger charge is -2.05. The van der Waals surface area contributed by atoms with Crippen molar-refractivity contribution in [1.82, 2.24) is 5.32 Å². The molecule has 13 heavy (non-hydrogen) atoms. The SMILES string of the molecule is CC1(C)CC1CNC(=O)CCCN. The van der Waals surface area contributed by atoms with Crippen molar-refractivity contribution >= 4 is 5.91 Å². The molecule has 0 aromatic carbocycles. The third kappa shape index (κ3) is 3.35. The molecule has 1 aliphatic carbocycles. The van der Waals surface area contributed by atoms with E-state index in [-0.39, 0.29) is 5.91 Å². The van der Waals surface area contributed by atoms with Crippen LogP contribution >= 0.6 is 0 Å². The van der Waals surface area contributed by atoms with Gasteiger partial charge in [0.1, 0.15) is 0 Å². The largest absolute Gasteiger partial charge is 0.356 e. The minimum atomic E-state index is 0.146. The molecule has 0 saturated heterocycles. The Morgan fingerprint density at radius 2 is 2.23 bits per heavy atom. The predicted octanol–water partition coefficient (Wildman–Crippen LogP) is 0.888. The number of nitrogens with one attached hydrogen (secondary N) is 1. The summed E-state index contributed by atoms with van der Waals surface area (Å²) in [4.78, 5) is 11.2. The van der Waals surface area contributed by atoms with Gasteiger partial charge < -0.3 is 11.1 Å². The summed E-state index contributed by atoms with van der Waals surface area (Å²) >= 11 is 0. The second-order valence-electron chi connectivity index (χ2n) is 4.59. The van der Waals surface area contributed by atoms with Gasteiger partial charge in [-0.2, -0.15) is 0 Å². The van der Waals surface area contributed by atoms with E-state index in [1.54, 1.807) is 0 Å². The van der Waals surface area contributed by atoms with Crippen LogP contribution in [0.25, 0.3) is 0 Å². The minimum Gasteiger partial charge on any atom is -0.356 e. The van der Waals surface area contributed by atoms with E-state index in [0.29, 0.717) is 24.3 Å². The third-order valence-corrected chi connectivity index (χ3v) is 2.87. The van der Waals surface area contributed by atoms with Crippen molar-refractivity contribution in [2.45, 2.75) is 33.1 Å². The van der Waals surface area contributed by atoms with Gasteiger partial charge in [0.05, 0.1) is 0 Å². The summed E-state index contributed by atoms with van der Waals surface area (Å²) in [6.45, 7) is 5.92. The van der Waals surface area contributed by atoms with Crippen molar-refractivity contribution in [3.05, 3.63) is 0 Å². The lowest BCUT2D eigenvalue weighted by molar-refractivity contribution is -0.121. The van der Waals surface area contributed by atoms with Gasteiger partial charge >= 0.3 is 0 Å². The normalized spacial score (nSPS) is 24.1. The van der Waals surface area contributed by atoms with Crippen LogP contribution in [-0.2, 0) is 4.79 Å². The molecule has 0 aliphatic heterocycles. The fourth-order valence-electron chi connectivity index (χ4n) is 1.51. The first kappa shape index (κ1) is 10.5. The van der Waals surface area contributed by atoms with Crippen LogP contribution in [-0.4, -0.2) is 19.0 Å². The lowest BCUT2D eigenvalue weighted by atomic mass is 10.1. The summed E-state index contributed by atoms with van der Waals surface area (Å²) in [5.41, 5.74) is 5.77. The molecule has 0 bridgehead atoms. The maximum Gasteiger partial charge on any atom is 0.220 e. The molecule has 1 amide bonds. The summed E-state index contributed by atoms with van der Waals surface area (Å²) in [6.07, 6.45) is 2.60. The van der Waals surface area contributed by atoms with Gasteiger partial charge in [-0.3, -0.25) is 4.79 Å². The summed E-state index contributed by atoms with van der Waals surface area (Å²) < 4.78 is 0. The quantitative estimate of drug-likeness (QED) is 0.666. The Bertz CT molecular complexity index is 189. The van der Waals surface area contributed by atoms with Crippen LogP contribution in [0, 0.1) is 11.3 Å². The van der Waals surface area contributed by atoms with E-state index in [2.05, 4.69) is 19.2 Å². The number of hydrogen-bond donors (Lipinski definition) is 2. The average Bonchev–Trinajstić information content (AvgIpc) is 2.67. The number of carbonyl (C=O) groups is 1. The van der Waals surface area contributed by atoms with E-state index in [4.69, 9.17) is 5.73 Å². The number of rotatable bonds is 5. The first-order valence-electron chi connectivity index (χ1n) is 5.03. The number of nitrogens with two attached hydrogens (primary N) is 1. The second-order valence-corrected chi connectivity index (χ2v) is 4.59. The third-order valence-electron chi connectivity index (χ3n) is 2.87. The zero-order valence-corrected chi connectivity index (χ0v) is 8.60. The molecule has 1 saturated carbocycles. The first-order chi connectivity index (χ1) is 6.06. The lowest BCUT2D eigenvalue weighted by Crippen LogP contribution is -2.26. The van der Waals surface area contributed by atoms with Crippen LogP contribution < -0.4 is 11.1 Å². The molecule has 0 aromatic rings. The standard InChI is InChI=1S/C10H20N2O/c1-10(2)6-8(10)7-12-9(13)4-3-5-11/h8H,3-7,11H2,1-2H3,(H,12,13). The molecule has 3 nitrogen and oxygen atoms in total.